The van der Waals surface area contributed by atoms with E-state index in [0.717, 1.165) is 51.9 Å². The lowest BCUT2D eigenvalue weighted by atomic mass is 9.88. The molecule has 23 nitrogen and oxygen atoms in total. The second-order valence-corrected chi connectivity index (χ2v) is 25.8. The van der Waals surface area contributed by atoms with Crippen LogP contribution in [-0.4, -0.2) is 215 Å². The zero-order chi connectivity index (χ0) is 66.1. The Balaban J connectivity index is 1.57. The normalized spacial score (nSPS) is 28.6. The molecule has 3 rings (SSSR count). The van der Waals surface area contributed by atoms with Gasteiger partial charge in [0.1, 0.15) is 67.1 Å². The summed E-state index contributed by atoms with van der Waals surface area (Å²) in [5, 5.41) is 136. The Morgan fingerprint density at radius 2 is 1.03 bits per heavy atom. The van der Waals surface area contributed by atoms with Gasteiger partial charge < -0.3 is 100 Å². The molecule has 2 amide bonds. The lowest BCUT2D eigenvalue weighted by Crippen LogP contribution is -2.70. The number of amides is 2. The first-order valence-corrected chi connectivity index (χ1v) is 35.1. The van der Waals surface area contributed by atoms with E-state index in [4.69, 9.17) is 28.4 Å². The summed E-state index contributed by atoms with van der Waals surface area (Å²) in [6.07, 6.45) is 17.0. The molecule has 0 aromatic heterocycles. The summed E-state index contributed by atoms with van der Waals surface area (Å²) in [6.45, 7) is 2.14. The van der Waals surface area contributed by atoms with Crippen LogP contribution in [-0.2, 0) is 42.8 Å². The van der Waals surface area contributed by atoms with E-state index in [1.165, 1.54) is 167 Å². The molecule has 90 heavy (non-hydrogen) atoms. The van der Waals surface area contributed by atoms with Crippen LogP contribution in [0, 0.1) is 0 Å². The molecule has 0 saturated carbocycles. The first-order valence-electron chi connectivity index (χ1n) is 35.1. The van der Waals surface area contributed by atoms with Gasteiger partial charge in [0, 0.05) is 19.8 Å². The van der Waals surface area contributed by atoms with Crippen LogP contribution in [0.15, 0.2) is 12.2 Å². The standard InChI is InChI=1S/C67H124N2O21/c1-4-6-8-10-12-14-16-18-19-20-21-22-23-24-25-26-27-28-29-30-32-34-36-38-40-49(74)48(69-54(77)41-39-37-35-33-31-17-15-13-11-9-7-5-2)46-85-64-59(81)58(80)61(53(45-72)87-64)88-65-60(82)63(57(79)52(44-71)86-65)90-67(66(83)84)42-50(75)55(68-47(3)73)62(89-67)56(78)51(76)43-70/h38,40,48-53,55-65,70-72,74-76,78-82H,4-37,39,41-46H2,1-3H3,(H,68,73)(H,69,77)(H,83,84)/b40-38+. The minimum atomic E-state index is -3.08. The molecule has 3 saturated heterocycles. The Kier molecular flexibility index (Phi) is 43.8. The number of rotatable bonds is 53. The molecule has 18 unspecified atom stereocenters. The monoisotopic (exact) mass is 1290 g/mol. The number of carbonyl (C=O) groups is 3. The van der Waals surface area contributed by atoms with Crippen LogP contribution in [0.25, 0.3) is 0 Å². The van der Waals surface area contributed by atoms with Gasteiger partial charge in [-0.1, -0.05) is 231 Å². The largest absolute Gasteiger partial charge is 0.477 e. The number of carbonyl (C=O) groups excluding carboxylic acids is 2. The highest BCUT2D eigenvalue weighted by Gasteiger charge is 2.60. The summed E-state index contributed by atoms with van der Waals surface area (Å²) >= 11 is 0. The van der Waals surface area contributed by atoms with Crippen molar-refractivity contribution < 1.29 is 104 Å². The zero-order valence-electron chi connectivity index (χ0n) is 55.0. The summed E-state index contributed by atoms with van der Waals surface area (Å²) < 4.78 is 34.8. The summed E-state index contributed by atoms with van der Waals surface area (Å²) in [4.78, 5) is 38.5. The van der Waals surface area contributed by atoms with Gasteiger partial charge in [0.25, 0.3) is 5.79 Å². The molecule has 528 valence electrons. The summed E-state index contributed by atoms with van der Waals surface area (Å²) in [5.74, 6) is -6.14. The Bertz CT molecular complexity index is 1870. The first-order chi connectivity index (χ1) is 43.4. The van der Waals surface area contributed by atoms with Crippen molar-refractivity contribution in [2.75, 3.05) is 26.4 Å². The fourth-order valence-corrected chi connectivity index (χ4v) is 12.4. The van der Waals surface area contributed by atoms with Crippen molar-refractivity contribution in [1.29, 1.82) is 0 Å². The predicted molar refractivity (Wildman–Crippen MR) is 338 cm³/mol. The molecule has 0 aromatic rings. The fourth-order valence-electron chi connectivity index (χ4n) is 12.4. The number of nitrogens with one attached hydrogen (secondary N) is 2. The third-order valence-corrected chi connectivity index (χ3v) is 18.0. The van der Waals surface area contributed by atoms with Crippen molar-refractivity contribution in [2.24, 2.45) is 0 Å². The SMILES string of the molecule is CCCCCCCCCCCCCCCCCCCCCCCC/C=C/C(O)C(COC1OC(CO)C(OC2OC(CO)C(O)C(OC3(C(=O)O)CC(O)C(NC(C)=O)C(C(O)C(O)CO)O3)C2O)C(O)C1O)NC(=O)CCCCCCCCCCCCCC. The average Bonchev–Trinajstić information content (AvgIpc) is 0.799. The molecule has 14 N–H and O–H groups in total. The van der Waals surface area contributed by atoms with Crippen LogP contribution in [0.1, 0.15) is 258 Å². The predicted octanol–water partition coefficient (Wildman–Crippen LogP) is 6.29. The van der Waals surface area contributed by atoms with E-state index in [2.05, 4.69) is 24.5 Å². The Morgan fingerprint density at radius 1 is 0.578 bits per heavy atom. The highest BCUT2D eigenvalue weighted by atomic mass is 16.8. The van der Waals surface area contributed by atoms with E-state index in [9.17, 15) is 75.7 Å². The second kappa shape index (κ2) is 48.2. The molecule has 18 atom stereocenters. The van der Waals surface area contributed by atoms with Crippen molar-refractivity contribution in [3.8, 4) is 0 Å². The smallest absolute Gasteiger partial charge is 0.364 e. The van der Waals surface area contributed by atoms with Crippen LogP contribution < -0.4 is 10.6 Å². The summed E-state index contributed by atoms with van der Waals surface area (Å²) in [5.41, 5.74) is 0. The van der Waals surface area contributed by atoms with Gasteiger partial charge in [0.15, 0.2) is 12.6 Å². The Morgan fingerprint density at radius 3 is 1.48 bits per heavy atom. The third kappa shape index (κ3) is 30.5. The maximum absolute atomic E-state index is 13.4. The highest BCUT2D eigenvalue weighted by Crippen LogP contribution is 2.39. The highest BCUT2D eigenvalue weighted by molar-refractivity contribution is 5.77. The third-order valence-electron chi connectivity index (χ3n) is 18.0. The average molecular weight is 1290 g/mol. The summed E-state index contributed by atoms with van der Waals surface area (Å²) in [6, 6.07) is -2.61. The van der Waals surface area contributed by atoms with E-state index in [0.29, 0.717) is 12.8 Å². The number of hydrogen-bond donors (Lipinski definition) is 14. The van der Waals surface area contributed by atoms with Gasteiger partial charge in [-0.05, 0) is 19.3 Å². The first kappa shape index (κ1) is 81.7. The number of aliphatic hydroxyl groups excluding tert-OH is 11. The quantitative estimate of drug-likeness (QED) is 0.0235. The number of carboxylic acid groups (broad SMARTS) is 1. The molecule has 3 aliphatic rings. The molecule has 23 heteroatoms. The van der Waals surface area contributed by atoms with Gasteiger partial charge in [-0.2, -0.15) is 0 Å². The molecule has 3 aliphatic heterocycles. The van der Waals surface area contributed by atoms with E-state index in [-0.39, 0.29) is 12.3 Å². The van der Waals surface area contributed by atoms with Crippen molar-refractivity contribution >= 4 is 17.8 Å². The van der Waals surface area contributed by atoms with E-state index >= 15 is 0 Å². The van der Waals surface area contributed by atoms with Gasteiger partial charge in [-0.15, -0.1) is 0 Å². The molecule has 3 fully saturated rings. The van der Waals surface area contributed by atoms with E-state index < -0.39 is 155 Å². The van der Waals surface area contributed by atoms with Crippen LogP contribution >= 0.6 is 0 Å². The summed E-state index contributed by atoms with van der Waals surface area (Å²) in [7, 11) is 0. The molecule has 0 aliphatic carbocycles. The number of carboxylic acids is 1. The number of aliphatic carboxylic acids is 1. The van der Waals surface area contributed by atoms with E-state index in [1.807, 2.05) is 6.08 Å². The van der Waals surface area contributed by atoms with Crippen molar-refractivity contribution in [1.82, 2.24) is 10.6 Å². The topological polar surface area (TPSA) is 373 Å². The molecule has 0 bridgehead atoms. The van der Waals surface area contributed by atoms with Gasteiger partial charge in [0.05, 0.1) is 50.7 Å². The molecular formula is C67H124N2O21. The molecule has 3 heterocycles. The van der Waals surface area contributed by atoms with Crippen LogP contribution in [0.4, 0.5) is 0 Å². The van der Waals surface area contributed by atoms with Gasteiger partial charge >= 0.3 is 5.97 Å². The maximum Gasteiger partial charge on any atom is 0.364 e. The number of unbranched alkanes of at least 4 members (excludes halogenated alkanes) is 33. The fraction of sp³-hybridized carbons (Fsp3) is 0.925. The van der Waals surface area contributed by atoms with Crippen LogP contribution in [0.2, 0.25) is 0 Å². The van der Waals surface area contributed by atoms with Gasteiger partial charge in [-0.25, -0.2) is 4.79 Å². The Hall–Kier alpha value is -2.53. The van der Waals surface area contributed by atoms with Gasteiger partial charge in [0.2, 0.25) is 11.8 Å². The second-order valence-electron chi connectivity index (χ2n) is 25.8. The van der Waals surface area contributed by atoms with Crippen LogP contribution in [0.3, 0.4) is 0 Å². The van der Waals surface area contributed by atoms with E-state index in [1.54, 1.807) is 6.08 Å². The minimum absolute atomic E-state index is 0.204. The van der Waals surface area contributed by atoms with Crippen molar-refractivity contribution in [3.63, 3.8) is 0 Å². The lowest BCUT2D eigenvalue weighted by molar-refractivity contribution is -0.386. The molecule has 0 spiro atoms. The Labute approximate surface area is 537 Å². The maximum atomic E-state index is 13.4. The zero-order valence-corrected chi connectivity index (χ0v) is 55.0. The van der Waals surface area contributed by atoms with Crippen molar-refractivity contribution in [2.45, 2.75) is 368 Å². The minimum Gasteiger partial charge on any atom is -0.477 e. The van der Waals surface area contributed by atoms with Crippen molar-refractivity contribution in [3.05, 3.63) is 12.2 Å². The molecule has 0 radical (unpaired) electrons. The number of allylic oxidation sites excluding steroid dienone is 1. The number of ether oxygens (including phenoxy) is 6. The molecule has 0 aromatic carbocycles. The van der Waals surface area contributed by atoms with Crippen LogP contribution in [0.5, 0.6) is 0 Å². The van der Waals surface area contributed by atoms with Gasteiger partial charge in [-0.3, -0.25) is 9.59 Å². The molecular weight excluding hydrogens is 1170 g/mol. The number of hydrogen-bond acceptors (Lipinski definition) is 20. The lowest BCUT2D eigenvalue weighted by Gasteiger charge is -2.50. The number of aliphatic hydroxyl groups is 11.